The molecule has 1 fully saturated rings. The molecule has 1 saturated heterocycles. The van der Waals surface area contributed by atoms with E-state index in [-0.39, 0.29) is 29.5 Å². The van der Waals surface area contributed by atoms with Crippen molar-refractivity contribution in [2.45, 2.75) is 44.8 Å². The summed E-state index contributed by atoms with van der Waals surface area (Å²) in [6.45, 7) is 7.83. The second-order valence-electron chi connectivity index (χ2n) is 9.50. The van der Waals surface area contributed by atoms with E-state index in [0.29, 0.717) is 43.1 Å². The molecule has 1 N–H and O–H groups in total. The number of ether oxygens (including phenoxy) is 1. The molecule has 1 aliphatic heterocycles. The first-order valence-electron chi connectivity index (χ1n) is 11.3. The van der Waals surface area contributed by atoms with Crippen LogP contribution < -0.4 is 10.1 Å². The summed E-state index contributed by atoms with van der Waals surface area (Å²) in [4.78, 5) is 12.6. The van der Waals surface area contributed by atoms with Crippen LogP contribution in [0, 0.1) is 5.92 Å². The molecule has 0 unspecified atom stereocenters. The number of halogens is 1. The van der Waals surface area contributed by atoms with Gasteiger partial charge in [0.2, 0.25) is 15.9 Å². The van der Waals surface area contributed by atoms with Gasteiger partial charge >= 0.3 is 0 Å². The van der Waals surface area contributed by atoms with Crippen molar-refractivity contribution in [2.24, 2.45) is 5.92 Å². The van der Waals surface area contributed by atoms with Crippen LogP contribution in [0.25, 0.3) is 0 Å². The molecule has 8 heteroatoms. The second kappa shape index (κ2) is 10.9. The lowest BCUT2D eigenvalue weighted by atomic mass is 9.87. The van der Waals surface area contributed by atoms with Gasteiger partial charge in [-0.1, -0.05) is 56.6 Å². The van der Waals surface area contributed by atoms with Crippen molar-refractivity contribution in [3.63, 3.8) is 0 Å². The van der Waals surface area contributed by atoms with Crippen LogP contribution in [0.2, 0.25) is 5.02 Å². The third kappa shape index (κ3) is 7.45. The summed E-state index contributed by atoms with van der Waals surface area (Å²) < 4.78 is 32.9. The zero-order chi connectivity index (χ0) is 24.1. The van der Waals surface area contributed by atoms with Gasteiger partial charge in [0.1, 0.15) is 12.4 Å². The summed E-state index contributed by atoms with van der Waals surface area (Å²) in [5.41, 5.74) is 1.96. The smallest absolute Gasteiger partial charge is 0.224 e. The summed E-state index contributed by atoms with van der Waals surface area (Å²) in [5.74, 6) is 0.139. The van der Waals surface area contributed by atoms with E-state index in [9.17, 15) is 13.2 Å². The minimum Gasteiger partial charge on any atom is -0.492 e. The number of hydrogen-bond donors (Lipinski definition) is 1. The molecule has 0 aromatic heterocycles. The van der Waals surface area contributed by atoms with Crippen LogP contribution in [0.1, 0.15) is 44.7 Å². The van der Waals surface area contributed by atoms with Gasteiger partial charge in [0.15, 0.2) is 0 Å². The Morgan fingerprint density at radius 3 is 2.58 bits per heavy atom. The first-order valence-corrected chi connectivity index (χ1v) is 13.3. The van der Waals surface area contributed by atoms with Gasteiger partial charge in [-0.25, -0.2) is 12.7 Å². The van der Waals surface area contributed by atoms with E-state index in [1.54, 1.807) is 24.3 Å². The summed E-state index contributed by atoms with van der Waals surface area (Å²) in [7, 11) is -3.52. The number of piperidine rings is 1. The highest BCUT2D eigenvalue weighted by Gasteiger charge is 2.32. The van der Waals surface area contributed by atoms with E-state index in [1.165, 1.54) is 9.87 Å². The summed E-state index contributed by atoms with van der Waals surface area (Å²) in [6.07, 6.45) is 1.33. The quantitative estimate of drug-likeness (QED) is 0.555. The maximum atomic E-state index is 12.9. The van der Waals surface area contributed by atoms with Crippen molar-refractivity contribution >= 4 is 27.5 Å². The molecule has 0 aliphatic carbocycles. The standard InChI is InChI=1S/C25H33ClN2O4S/c1-25(2,3)21-9-11-23(12-10-21)32-15-13-27-24(29)20-7-5-14-28(17-20)33(30,31)18-19-6-4-8-22(26)16-19/h4,6,8-12,16,20H,5,7,13-15,17-18H2,1-3H3,(H,27,29)/t20-/m1/s1. The van der Waals surface area contributed by atoms with Crippen LogP contribution in [-0.4, -0.2) is 44.9 Å². The minimum absolute atomic E-state index is 0.0853. The normalized spacial score (nSPS) is 17.5. The first-order chi connectivity index (χ1) is 15.5. The molecule has 0 spiro atoms. The van der Waals surface area contributed by atoms with Gasteiger partial charge in [-0.2, -0.15) is 0 Å². The zero-order valence-corrected chi connectivity index (χ0v) is 21.1. The topological polar surface area (TPSA) is 75.7 Å². The lowest BCUT2D eigenvalue weighted by Crippen LogP contribution is -2.46. The van der Waals surface area contributed by atoms with Crippen LogP contribution in [0.3, 0.4) is 0 Å². The number of nitrogens with one attached hydrogen (secondary N) is 1. The fraction of sp³-hybridized carbons (Fsp3) is 0.480. The van der Waals surface area contributed by atoms with Crippen LogP contribution in [0.4, 0.5) is 0 Å². The molecule has 6 nitrogen and oxygen atoms in total. The Kier molecular flexibility index (Phi) is 8.43. The summed E-state index contributed by atoms with van der Waals surface area (Å²) in [5, 5.41) is 3.39. The number of carbonyl (C=O) groups excluding carboxylic acids is 1. The molecule has 1 aliphatic rings. The van der Waals surface area contributed by atoms with Gasteiger partial charge in [-0.3, -0.25) is 4.79 Å². The maximum Gasteiger partial charge on any atom is 0.224 e. The van der Waals surface area contributed by atoms with Crippen molar-refractivity contribution in [1.82, 2.24) is 9.62 Å². The highest BCUT2D eigenvalue weighted by molar-refractivity contribution is 7.88. The fourth-order valence-electron chi connectivity index (χ4n) is 3.88. The molecular formula is C25H33ClN2O4S. The molecule has 1 amide bonds. The molecule has 0 radical (unpaired) electrons. The van der Waals surface area contributed by atoms with E-state index in [2.05, 4.69) is 26.1 Å². The molecule has 1 atom stereocenters. The van der Waals surface area contributed by atoms with E-state index in [0.717, 1.165) is 5.75 Å². The van der Waals surface area contributed by atoms with Crippen molar-refractivity contribution < 1.29 is 17.9 Å². The zero-order valence-electron chi connectivity index (χ0n) is 19.5. The Balaban J connectivity index is 1.46. The van der Waals surface area contributed by atoms with E-state index in [1.807, 2.05) is 24.3 Å². The highest BCUT2D eigenvalue weighted by Crippen LogP contribution is 2.25. The third-order valence-corrected chi connectivity index (χ3v) is 7.83. The molecule has 0 bridgehead atoms. The highest BCUT2D eigenvalue weighted by atomic mass is 35.5. The Morgan fingerprint density at radius 2 is 1.91 bits per heavy atom. The first kappa shape index (κ1) is 25.5. The van der Waals surface area contributed by atoms with Gasteiger partial charge in [0.25, 0.3) is 0 Å². The SMILES string of the molecule is CC(C)(C)c1ccc(OCCNC(=O)[C@@H]2CCCN(S(=O)(=O)Cc3cccc(Cl)c3)C2)cc1. The number of nitrogens with zero attached hydrogens (tertiary/aromatic N) is 1. The number of rotatable bonds is 8. The second-order valence-corrected chi connectivity index (χ2v) is 11.9. The average Bonchev–Trinajstić information content (AvgIpc) is 2.76. The van der Waals surface area contributed by atoms with Crippen molar-refractivity contribution in [3.8, 4) is 5.75 Å². The van der Waals surface area contributed by atoms with E-state index >= 15 is 0 Å². The number of hydrogen-bond acceptors (Lipinski definition) is 4. The Morgan fingerprint density at radius 1 is 1.18 bits per heavy atom. The summed E-state index contributed by atoms with van der Waals surface area (Å²) >= 11 is 5.98. The van der Waals surface area contributed by atoms with Crippen molar-refractivity contribution in [2.75, 3.05) is 26.2 Å². The molecule has 1 heterocycles. The van der Waals surface area contributed by atoms with Crippen molar-refractivity contribution in [3.05, 3.63) is 64.7 Å². The molecule has 3 rings (SSSR count). The number of amides is 1. The number of carbonyl (C=O) groups is 1. The van der Waals surface area contributed by atoms with E-state index < -0.39 is 10.0 Å². The molecular weight excluding hydrogens is 460 g/mol. The third-order valence-electron chi connectivity index (χ3n) is 5.78. The van der Waals surface area contributed by atoms with Gasteiger partial charge in [0.05, 0.1) is 18.2 Å². The predicted molar refractivity (Wildman–Crippen MR) is 132 cm³/mol. The lowest BCUT2D eigenvalue weighted by molar-refractivity contribution is -0.126. The number of sulfonamides is 1. The molecule has 33 heavy (non-hydrogen) atoms. The van der Waals surface area contributed by atoms with Gasteiger partial charge < -0.3 is 10.1 Å². The van der Waals surface area contributed by atoms with Crippen molar-refractivity contribution in [1.29, 1.82) is 0 Å². The van der Waals surface area contributed by atoms with Crippen LogP contribution in [0.15, 0.2) is 48.5 Å². The molecule has 2 aromatic carbocycles. The monoisotopic (exact) mass is 492 g/mol. The Hall–Kier alpha value is -2.09. The largest absolute Gasteiger partial charge is 0.492 e. The predicted octanol–water partition coefficient (Wildman–Crippen LogP) is 4.37. The minimum atomic E-state index is -3.52. The Bertz CT molecular complexity index is 1050. The molecule has 2 aromatic rings. The molecule has 0 saturated carbocycles. The maximum absolute atomic E-state index is 12.9. The molecule has 180 valence electrons. The Labute approximate surface area is 202 Å². The van der Waals surface area contributed by atoms with Gasteiger partial charge in [0, 0.05) is 18.1 Å². The van der Waals surface area contributed by atoms with E-state index in [4.69, 9.17) is 16.3 Å². The van der Waals surface area contributed by atoms with Crippen LogP contribution in [0.5, 0.6) is 5.75 Å². The fourth-order valence-corrected chi connectivity index (χ4v) is 5.69. The lowest BCUT2D eigenvalue weighted by Gasteiger charge is -2.31. The van der Waals surface area contributed by atoms with Gasteiger partial charge in [-0.05, 0) is 53.6 Å². The number of benzene rings is 2. The van der Waals surface area contributed by atoms with Crippen LogP contribution >= 0.6 is 11.6 Å². The average molecular weight is 493 g/mol. The van der Waals surface area contributed by atoms with Gasteiger partial charge in [-0.15, -0.1) is 0 Å². The summed E-state index contributed by atoms with van der Waals surface area (Å²) in [6, 6.07) is 14.8. The van der Waals surface area contributed by atoms with Crippen LogP contribution in [-0.2, 0) is 26.0 Å².